The lowest BCUT2D eigenvalue weighted by molar-refractivity contribution is -0.139. The van der Waals surface area contributed by atoms with Crippen molar-refractivity contribution in [3.05, 3.63) is 40.0 Å². The van der Waals surface area contributed by atoms with Crippen molar-refractivity contribution >= 4 is 23.3 Å². The van der Waals surface area contributed by atoms with Gasteiger partial charge in [-0.25, -0.2) is 9.48 Å². The minimum Gasteiger partial charge on any atom is -0.463 e. The van der Waals surface area contributed by atoms with E-state index in [1.54, 1.807) is 30.1 Å². The summed E-state index contributed by atoms with van der Waals surface area (Å²) in [7, 11) is 1.58. The van der Waals surface area contributed by atoms with Crippen molar-refractivity contribution in [2.75, 3.05) is 25.6 Å². The smallest absolute Gasteiger partial charge is 0.338 e. The highest BCUT2D eigenvalue weighted by Crippen LogP contribution is 2.37. The van der Waals surface area contributed by atoms with Gasteiger partial charge in [0.05, 0.1) is 24.5 Å². The number of esters is 1. The molecule has 0 saturated carbocycles. The molecule has 7 nitrogen and oxygen atoms in total. The molecule has 1 aliphatic rings. The van der Waals surface area contributed by atoms with Gasteiger partial charge in [0.15, 0.2) is 0 Å². The van der Waals surface area contributed by atoms with Crippen molar-refractivity contribution in [2.45, 2.75) is 13.0 Å². The Kier molecular flexibility index (Phi) is 4.21. The predicted octanol–water partition coefficient (Wildman–Crippen LogP) is 1.82. The second-order valence-electron chi connectivity index (χ2n) is 4.62. The van der Waals surface area contributed by atoms with Gasteiger partial charge in [0.25, 0.3) is 0 Å². The van der Waals surface area contributed by atoms with Crippen LogP contribution in [0.1, 0.15) is 17.8 Å². The van der Waals surface area contributed by atoms with Crippen molar-refractivity contribution in [2.24, 2.45) is 0 Å². The summed E-state index contributed by atoms with van der Waals surface area (Å²) in [6.07, 6.45) is 1.46. The summed E-state index contributed by atoms with van der Waals surface area (Å²) in [5.41, 5.74) is 1.16. The number of carbonyl (C=O) groups excluding carboxylic acids is 1. The average molecular weight is 320 g/mol. The Bertz CT molecular complexity index is 693. The van der Waals surface area contributed by atoms with E-state index < -0.39 is 0 Å². The Morgan fingerprint density at radius 1 is 1.55 bits per heavy atom. The van der Waals surface area contributed by atoms with Crippen LogP contribution in [0.3, 0.4) is 0 Å². The van der Waals surface area contributed by atoms with Crippen LogP contribution in [-0.4, -0.2) is 41.1 Å². The van der Waals surface area contributed by atoms with Gasteiger partial charge in [-0.3, -0.25) is 0 Å². The maximum atomic E-state index is 12.5. The van der Waals surface area contributed by atoms with Crippen molar-refractivity contribution in [3.63, 3.8) is 0 Å². The van der Waals surface area contributed by atoms with Crippen molar-refractivity contribution < 1.29 is 14.3 Å². The van der Waals surface area contributed by atoms with E-state index in [2.05, 4.69) is 15.4 Å². The Hall–Kier alpha value is -2.19. The van der Waals surface area contributed by atoms with Gasteiger partial charge in [0.1, 0.15) is 12.4 Å². The molecule has 22 heavy (non-hydrogen) atoms. The zero-order valence-electron chi connectivity index (χ0n) is 12.3. The first kappa shape index (κ1) is 14.7. The quantitative estimate of drug-likeness (QED) is 0.847. The molecule has 3 heterocycles. The molecule has 0 bridgehead atoms. The van der Waals surface area contributed by atoms with Crippen LogP contribution in [0, 0.1) is 0 Å². The van der Waals surface area contributed by atoms with Crippen LogP contribution in [0.5, 0.6) is 0 Å². The highest BCUT2D eigenvalue weighted by Gasteiger charge is 2.36. The number of anilines is 1. The van der Waals surface area contributed by atoms with Crippen LogP contribution in [0.25, 0.3) is 0 Å². The average Bonchev–Trinajstić information content (AvgIpc) is 3.17. The molecule has 0 saturated heterocycles. The van der Waals surface area contributed by atoms with Gasteiger partial charge in [0.2, 0.25) is 5.95 Å². The standard InChI is InChI=1S/C14H16N4O3S/c1-3-21-13(19)11-9(7-20-2)17-14-15-8-16-18(14)12(11)10-5-4-6-22-10/h4-6,8,12H,3,7H2,1-2H3,(H,15,16,17)/t12-/m0/s1. The first-order valence-corrected chi connectivity index (χ1v) is 7.73. The monoisotopic (exact) mass is 320 g/mol. The number of methoxy groups -OCH3 is 1. The summed E-state index contributed by atoms with van der Waals surface area (Å²) < 4.78 is 12.1. The fraction of sp³-hybridized carbons (Fsp3) is 0.357. The van der Waals surface area contributed by atoms with Crippen LogP contribution in [0.4, 0.5) is 5.95 Å². The fourth-order valence-corrected chi connectivity index (χ4v) is 3.25. The first-order valence-electron chi connectivity index (χ1n) is 6.85. The molecule has 1 N–H and O–H groups in total. The minimum absolute atomic E-state index is 0.267. The fourth-order valence-electron chi connectivity index (χ4n) is 2.43. The molecular weight excluding hydrogens is 304 g/mol. The van der Waals surface area contributed by atoms with E-state index in [1.807, 2.05) is 17.5 Å². The topological polar surface area (TPSA) is 78.3 Å². The second kappa shape index (κ2) is 6.29. The van der Waals surface area contributed by atoms with E-state index in [9.17, 15) is 4.79 Å². The summed E-state index contributed by atoms with van der Waals surface area (Å²) in [5.74, 6) is 0.208. The molecule has 2 aromatic rings. The third-order valence-corrected chi connectivity index (χ3v) is 4.20. The SMILES string of the molecule is CCOC(=O)C1=C(COC)Nc2ncnn2[C@H]1c1cccs1. The molecule has 0 amide bonds. The number of aromatic nitrogens is 3. The zero-order valence-corrected chi connectivity index (χ0v) is 13.1. The summed E-state index contributed by atoms with van der Waals surface area (Å²) in [6.45, 7) is 2.36. The number of fused-ring (bicyclic) bond motifs is 1. The first-order chi connectivity index (χ1) is 10.8. The molecular formula is C14H16N4O3S. The third-order valence-electron chi connectivity index (χ3n) is 3.28. The molecule has 1 atom stereocenters. The molecule has 8 heteroatoms. The van der Waals surface area contributed by atoms with Crippen molar-refractivity contribution in [3.8, 4) is 0 Å². The normalized spacial score (nSPS) is 17.1. The predicted molar refractivity (Wildman–Crippen MR) is 81.6 cm³/mol. The van der Waals surface area contributed by atoms with Crippen LogP contribution in [0.2, 0.25) is 0 Å². The maximum Gasteiger partial charge on any atom is 0.338 e. The maximum absolute atomic E-state index is 12.5. The van der Waals surface area contributed by atoms with Crippen LogP contribution in [0.15, 0.2) is 35.1 Å². The highest BCUT2D eigenvalue weighted by atomic mass is 32.1. The van der Waals surface area contributed by atoms with Crippen molar-refractivity contribution in [1.82, 2.24) is 14.8 Å². The van der Waals surface area contributed by atoms with Crippen LogP contribution < -0.4 is 5.32 Å². The Labute approximate surface area is 131 Å². The van der Waals surface area contributed by atoms with Crippen molar-refractivity contribution in [1.29, 1.82) is 0 Å². The van der Waals surface area contributed by atoms with Gasteiger partial charge in [-0.1, -0.05) is 6.07 Å². The number of rotatable bonds is 5. The number of nitrogens with one attached hydrogen (secondary N) is 1. The Morgan fingerprint density at radius 2 is 2.41 bits per heavy atom. The number of carbonyl (C=O) groups is 1. The molecule has 2 aromatic heterocycles. The number of ether oxygens (including phenoxy) is 2. The molecule has 0 unspecified atom stereocenters. The summed E-state index contributed by atoms with van der Waals surface area (Å²) in [6, 6.07) is 3.55. The van der Waals surface area contributed by atoms with E-state index in [4.69, 9.17) is 9.47 Å². The summed E-state index contributed by atoms with van der Waals surface area (Å²) >= 11 is 1.56. The van der Waals surface area contributed by atoms with E-state index in [0.717, 1.165) is 4.88 Å². The molecule has 0 aliphatic carbocycles. The number of nitrogens with zero attached hydrogens (tertiary/aromatic N) is 3. The van der Waals surface area contributed by atoms with Gasteiger partial charge < -0.3 is 14.8 Å². The molecule has 3 rings (SSSR count). The van der Waals surface area contributed by atoms with Gasteiger partial charge in [-0.15, -0.1) is 11.3 Å². The van der Waals surface area contributed by atoms with E-state index >= 15 is 0 Å². The molecule has 0 spiro atoms. The van der Waals surface area contributed by atoms with Gasteiger partial charge in [-0.2, -0.15) is 10.1 Å². The van der Waals surface area contributed by atoms with Gasteiger partial charge >= 0.3 is 5.97 Å². The number of hydrogen-bond donors (Lipinski definition) is 1. The number of hydrogen-bond acceptors (Lipinski definition) is 7. The lowest BCUT2D eigenvalue weighted by Gasteiger charge is -2.28. The lowest BCUT2D eigenvalue weighted by atomic mass is 10.0. The van der Waals surface area contributed by atoms with E-state index in [0.29, 0.717) is 23.8 Å². The highest BCUT2D eigenvalue weighted by molar-refractivity contribution is 7.10. The zero-order chi connectivity index (χ0) is 15.5. The van der Waals surface area contributed by atoms with E-state index in [1.165, 1.54) is 6.33 Å². The van der Waals surface area contributed by atoms with Gasteiger partial charge in [-0.05, 0) is 18.4 Å². The Morgan fingerprint density at radius 3 is 3.09 bits per heavy atom. The summed E-state index contributed by atoms with van der Waals surface area (Å²) in [5, 5.41) is 9.32. The summed E-state index contributed by atoms with van der Waals surface area (Å²) in [4.78, 5) is 17.7. The molecule has 1 aliphatic heterocycles. The largest absolute Gasteiger partial charge is 0.463 e. The van der Waals surface area contributed by atoms with Gasteiger partial charge in [0, 0.05) is 12.0 Å². The number of thiophene rings is 1. The van der Waals surface area contributed by atoms with Crippen LogP contribution >= 0.6 is 11.3 Å². The molecule has 0 fully saturated rings. The van der Waals surface area contributed by atoms with E-state index in [-0.39, 0.29) is 18.6 Å². The second-order valence-corrected chi connectivity index (χ2v) is 5.60. The third kappa shape index (κ3) is 2.51. The lowest BCUT2D eigenvalue weighted by Crippen LogP contribution is -2.31. The molecule has 0 radical (unpaired) electrons. The molecule has 0 aromatic carbocycles. The van der Waals surface area contributed by atoms with Crippen LogP contribution in [-0.2, 0) is 14.3 Å². The molecule has 116 valence electrons. The minimum atomic E-state index is -0.374. The Balaban J connectivity index is 2.13.